The summed E-state index contributed by atoms with van der Waals surface area (Å²) in [5, 5.41) is 0.808. The van der Waals surface area contributed by atoms with Gasteiger partial charge in [0, 0.05) is 21.2 Å². The molecule has 3 heteroatoms. The number of hydrogen-bond donors (Lipinski definition) is 0. The average Bonchev–Trinajstić information content (AvgIpc) is 2.60. The molecule has 0 bridgehead atoms. The van der Waals surface area contributed by atoms with Crippen molar-refractivity contribution in [1.82, 2.24) is 0 Å². The number of nitrogens with zero attached hydrogens (tertiary/aromatic N) is 1. The summed E-state index contributed by atoms with van der Waals surface area (Å²) in [7, 11) is 4.69. The molecule has 2 aromatic carbocycles. The largest absolute Gasteiger partial charge is 0.328 e. The third-order valence-corrected chi connectivity index (χ3v) is 6.41. The van der Waals surface area contributed by atoms with Gasteiger partial charge in [0.05, 0.1) is 27.2 Å². The van der Waals surface area contributed by atoms with E-state index in [2.05, 4.69) is 70.4 Å². The molecule has 0 N–H and O–H groups in total. The lowest BCUT2D eigenvalue weighted by molar-refractivity contribution is -0.890. The monoisotopic (exact) mass is 386 g/mol. The second kappa shape index (κ2) is 8.21. The van der Waals surface area contributed by atoms with Gasteiger partial charge >= 0.3 is 0 Å². The van der Waals surface area contributed by atoms with E-state index in [4.69, 9.17) is 11.6 Å². The summed E-state index contributed by atoms with van der Waals surface area (Å²) < 4.78 is 1.07. The van der Waals surface area contributed by atoms with Gasteiger partial charge in [-0.25, -0.2) is 0 Å². The van der Waals surface area contributed by atoms with Crippen LogP contribution in [0.3, 0.4) is 0 Å². The van der Waals surface area contributed by atoms with E-state index < -0.39 is 0 Å². The summed E-state index contributed by atoms with van der Waals surface area (Å²) in [6.45, 7) is 7.00. The zero-order chi connectivity index (χ0) is 18.7. The van der Waals surface area contributed by atoms with Crippen LogP contribution in [-0.4, -0.2) is 31.7 Å². The standard InChI is InChI=1S/C23H29ClNS/c1-17(2)13-15-25(3,4)14-7-9-19-20-8-5-6-10-22(20)26-23-12-11-18(24)16-21(19)23/h5-6,8-12,16-17H,7,13-15H2,1-4H3/q+1. The maximum absolute atomic E-state index is 6.31. The quantitative estimate of drug-likeness (QED) is 0.422. The van der Waals surface area contributed by atoms with Gasteiger partial charge in [-0.15, -0.1) is 0 Å². The predicted molar refractivity (Wildman–Crippen MR) is 115 cm³/mol. The molecule has 1 nitrogen and oxygen atoms in total. The van der Waals surface area contributed by atoms with Crippen molar-refractivity contribution in [3.05, 3.63) is 64.7 Å². The van der Waals surface area contributed by atoms with Crippen molar-refractivity contribution in [2.24, 2.45) is 5.92 Å². The van der Waals surface area contributed by atoms with Crippen LogP contribution in [-0.2, 0) is 0 Å². The fraction of sp³-hybridized carbons (Fsp3) is 0.391. The van der Waals surface area contributed by atoms with Crippen molar-refractivity contribution in [2.75, 3.05) is 27.2 Å². The SMILES string of the molecule is CC(C)CC[N+](C)(C)CCC=C1c2ccccc2Sc2ccc(Cl)cc21. The summed E-state index contributed by atoms with van der Waals surface area (Å²) in [5.74, 6) is 0.766. The highest BCUT2D eigenvalue weighted by atomic mass is 35.5. The fourth-order valence-electron chi connectivity index (χ4n) is 3.34. The van der Waals surface area contributed by atoms with Crippen LogP contribution in [0.2, 0.25) is 5.02 Å². The number of hydrogen-bond acceptors (Lipinski definition) is 1. The summed E-state index contributed by atoms with van der Waals surface area (Å²) in [5.41, 5.74) is 3.94. The van der Waals surface area contributed by atoms with Crippen LogP contribution < -0.4 is 0 Å². The molecule has 0 saturated carbocycles. The lowest BCUT2D eigenvalue weighted by Crippen LogP contribution is -2.41. The number of quaternary nitrogens is 1. The molecule has 0 amide bonds. The topological polar surface area (TPSA) is 0 Å². The minimum atomic E-state index is 0.766. The van der Waals surface area contributed by atoms with Crippen LogP contribution in [0.1, 0.15) is 37.8 Å². The predicted octanol–water partition coefficient (Wildman–Crippen LogP) is 6.75. The molecule has 0 aliphatic carbocycles. The molecule has 1 aliphatic rings. The maximum atomic E-state index is 6.31. The number of halogens is 1. The molecule has 1 aliphatic heterocycles. The Balaban J connectivity index is 1.85. The molecule has 2 aromatic rings. The highest BCUT2D eigenvalue weighted by molar-refractivity contribution is 7.99. The zero-order valence-corrected chi connectivity index (χ0v) is 17.8. The summed E-state index contributed by atoms with van der Waals surface area (Å²) in [6.07, 6.45) is 4.77. The number of fused-ring (bicyclic) bond motifs is 2. The van der Waals surface area contributed by atoms with Crippen molar-refractivity contribution in [1.29, 1.82) is 0 Å². The second-order valence-corrected chi connectivity index (χ2v) is 9.73. The first-order valence-electron chi connectivity index (χ1n) is 9.45. The molecule has 0 aromatic heterocycles. The van der Waals surface area contributed by atoms with Gasteiger partial charge < -0.3 is 4.48 Å². The first kappa shape index (κ1) is 19.5. The fourth-order valence-corrected chi connectivity index (χ4v) is 4.60. The molecule has 0 radical (unpaired) electrons. The van der Waals surface area contributed by atoms with Crippen molar-refractivity contribution in [2.45, 2.75) is 36.5 Å². The minimum absolute atomic E-state index is 0.766. The Hall–Kier alpha value is -1.22. The van der Waals surface area contributed by atoms with Gasteiger partial charge in [0.1, 0.15) is 0 Å². The van der Waals surface area contributed by atoms with Gasteiger partial charge in [-0.05, 0) is 53.3 Å². The van der Waals surface area contributed by atoms with Crippen molar-refractivity contribution >= 4 is 28.9 Å². The lowest BCUT2D eigenvalue weighted by atomic mass is 9.96. The van der Waals surface area contributed by atoms with Crippen LogP contribution in [0.25, 0.3) is 5.57 Å². The van der Waals surface area contributed by atoms with Crippen molar-refractivity contribution < 1.29 is 4.48 Å². The van der Waals surface area contributed by atoms with E-state index in [9.17, 15) is 0 Å². The van der Waals surface area contributed by atoms with Crippen LogP contribution in [0.15, 0.2) is 58.3 Å². The van der Waals surface area contributed by atoms with Gasteiger partial charge in [-0.2, -0.15) is 0 Å². The molecule has 0 atom stereocenters. The van der Waals surface area contributed by atoms with Crippen LogP contribution in [0.5, 0.6) is 0 Å². The van der Waals surface area contributed by atoms with E-state index in [0.717, 1.165) is 28.4 Å². The number of rotatable bonds is 6. The van der Waals surface area contributed by atoms with E-state index in [-0.39, 0.29) is 0 Å². The van der Waals surface area contributed by atoms with E-state index in [1.807, 2.05) is 17.8 Å². The smallest absolute Gasteiger partial charge is 0.0817 e. The highest BCUT2D eigenvalue weighted by Crippen LogP contribution is 2.46. The molecular weight excluding hydrogens is 358 g/mol. The third kappa shape index (κ3) is 4.73. The number of benzene rings is 2. The maximum Gasteiger partial charge on any atom is 0.0817 e. The summed E-state index contributed by atoms with van der Waals surface area (Å²) in [4.78, 5) is 2.63. The molecule has 26 heavy (non-hydrogen) atoms. The first-order chi connectivity index (χ1) is 12.4. The van der Waals surface area contributed by atoms with Crippen molar-refractivity contribution in [3.63, 3.8) is 0 Å². The Labute approximate surface area is 167 Å². The molecule has 0 saturated heterocycles. The third-order valence-electron chi connectivity index (χ3n) is 5.02. The van der Waals surface area contributed by atoms with Gasteiger partial charge in [-0.1, -0.05) is 61.5 Å². The van der Waals surface area contributed by atoms with E-state index >= 15 is 0 Å². The zero-order valence-electron chi connectivity index (χ0n) is 16.3. The highest BCUT2D eigenvalue weighted by Gasteiger charge is 2.21. The molecule has 138 valence electrons. The van der Waals surface area contributed by atoms with E-state index in [0.29, 0.717) is 0 Å². The second-order valence-electron chi connectivity index (χ2n) is 8.21. The molecular formula is C23H29ClNS+. The van der Waals surface area contributed by atoms with Crippen LogP contribution in [0.4, 0.5) is 0 Å². The van der Waals surface area contributed by atoms with Gasteiger partial charge in [0.15, 0.2) is 0 Å². The molecule has 3 rings (SSSR count). The van der Waals surface area contributed by atoms with Crippen molar-refractivity contribution in [3.8, 4) is 0 Å². The Morgan fingerprint density at radius 3 is 2.50 bits per heavy atom. The van der Waals surface area contributed by atoms with Gasteiger partial charge in [-0.3, -0.25) is 0 Å². The lowest BCUT2D eigenvalue weighted by Gasteiger charge is -2.30. The van der Waals surface area contributed by atoms with Gasteiger partial charge in [0.2, 0.25) is 0 Å². The summed E-state index contributed by atoms with van der Waals surface area (Å²) in [6, 6.07) is 15.0. The van der Waals surface area contributed by atoms with E-state index in [1.54, 1.807) is 0 Å². The Morgan fingerprint density at radius 1 is 1.00 bits per heavy atom. The van der Waals surface area contributed by atoms with Crippen LogP contribution >= 0.6 is 23.4 Å². The summed E-state index contributed by atoms with van der Waals surface area (Å²) >= 11 is 8.15. The average molecular weight is 387 g/mol. The minimum Gasteiger partial charge on any atom is -0.328 e. The van der Waals surface area contributed by atoms with Gasteiger partial charge in [0.25, 0.3) is 0 Å². The molecule has 0 unspecified atom stereocenters. The first-order valence-corrected chi connectivity index (χ1v) is 10.6. The van der Waals surface area contributed by atoms with Crippen LogP contribution in [0, 0.1) is 5.92 Å². The Kier molecular flexibility index (Phi) is 6.17. The molecule has 0 fully saturated rings. The normalized spacial score (nSPS) is 15.2. The Bertz CT molecular complexity index is 808. The van der Waals surface area contributed by atoms with E-state index in [1.165, 1.54) is 39.5 Å². The Morgan fingerprint density at radius 2 is 1.73 bits per heavy atom. The molecule has 1 heterocycles. The molecule has 0 spiro atoms.